The van der Waals surface area contributed by atoms with E-state index in [1.165, 1.54) is 12.1 Å². The summed E-state index contributed by atoms with van der Waals surface area (Å²) in [6, 6.07) is 14.1. The van der Waals surface area contributed by atoms with Gasteiger partial charge in [-0.05, 0) is 31.9 Å². The second kappa shape index (κ2) is 11.0. The Morgan fingerprint density at radius 1 is 1.09 bits per heavy atom. The number of carbonyl (C=O) groups is 2. The second-order valence-electron chi connectivity index (χ2n) is 8.10. The van der Waals surface area contributed by atoms with E-state index in [0.717, 1.165) is 5.56 Å². The number of carbonyl (C=O) groups excluding carboxylic acids is 2. The van der Waals surface area contributed by atoms with E-state index in [1.807, 2.05) is 35.2 Å². The van der Waals surface area contributed by atoms with E-state index in [4.69, 9.17) is 14.2 Å². The van der Waals surface area contributed by atoms with Gasteiger partial charge in [-0.15, -0.1) is 0 Å². The van der Waals surface area contributed by atoms with Crippen LogP contribution in [0.3, 0.4) is 0 Å². The highest BCUT2D eigenvalue weighted by molar-refractivity contribution is 6.00. The van der Waals surface area contributed by atoms with Crippen molar-refractivity contribution in [2.24, 2.45) is 5.41 Å². The number of esters is 2. The molecule has 0 fully saturated rings. The molecule has 2 aromatic rings. The standard InChI is InChI=1S/C25H30N2O7/c1-4-25(23(28)32-5-2,24(29)33-6-3)15-20-17-26(16-18-10-8-7-9-11-18)21-14-19(27(30)31)12-13-22(21)34-20/h7-14,20H,4-6,15-17H2,1-3H3. The summed E-state index contributed by atoms with van der Waals surface area (Å²) in [5.41, 5.74) is 0.0505. The van der Waals surface area contributed by atoms with E-state index in [0.29, 0.717) is 24.5 Å². The minimum atomic E-state index is -1.51. The summed E-state index contributed by atoms with van der Waals surface area (Å²) >= 11 is 0. The molecule has 9 nitrogen and oxygen atoms in total. The Balaban J connectivity index is 1.97. The van der Waals surface area contributed by atoms with Gasteiger partial charge in [0.25, 0.3) is 5.69 Å². The van der Waals surface area contributed by atoms with Crippen LogP contribution in [0.25, 0.3) is 0 Å². The number of nitro benzene ring substituents is 1. The molecule has 3 rings (SSSR count). The van der Waals surface area contributed by atoms with Gasteiger partial charge in [-0.1, -0.05) is 37.3 Å². The zero-order valence-corrected chi connectivity index (χ0v) is 19.7. The predicted octanol–water partition coefficient (Wildman–Crippen LogP) is 4.28. The molecule has 2 aromatic carbocycles. The highest BCUT2D eigenvalue weighted by Gasteiger charge is 2.50. The van der Waals surface area contributed by atoms with Gasteiger partial charge in [0.2, 0.25) is 0 Å². The topological polar surface area (TPSA) is 108 Å². The van der Waals surface area contributed by atoms with Crippen LogP contribution in [0.15, 0.2) is 48.5 Å². The molecule has 0 bridgehead atoms. The molecule has 9 heteroatoms. The monoisotopic (exact) mass is 470 g/mol. The Hall–Kier alpha value is -3.62. The van der Waals surface area contributed by atoms with Crippen LogP contribution < -0.4 is 9.64 Å². The number of rotatable bonds is 10. The van der Waals surface area contributed by atoms with E-state index in [2.05, 4.69) is 0 Å². The summed E-state index contributed by atoms with van der Waals surface area (Å²) in [5.74, 6) is -0.817. The summed E-state index contributed by atoms with van der Waals surface area (Å²) in [7, 11) is 0. The van der Waals surface area contributed by atoms with Gasteiger partial charge in [0.1, 0.15) is 11.9 Å². The average molecular weight is 471 g/mol. The SMILES string of the molecule is CCOC(=O)C(CC)(CC1CN(Cc2ccccc2)c2cc([N+](=O)[O-])ccc2O1)C(=O)OCC. The number of non-ortho nitro benzene ring substituents is 1. The fourth-order valence-electron chi connectivity index (χ4n) is 4.20. The van der Waals surface area contributed by atoms with Gasteiger partial charge in [-0.25, -0.2) is 0 Å². The zero-order valence-electron chi connectivity index (χ0n) is 19.7. The van der Waals surface area contributed by atoms with Crippen molar-refractivity contribution in [2.75, 3.05) is 24.7 Å². The molecule has 1 atom stereocenters. The number of hydrogen-bond donors (Lipinski definition) is 0. The fourth-order valence-corrected chi connectivity index (χ4v) is 4.20. The van der Waals surface area contributed by atoms with Crippen LogP contribution in [0.2, 0.25) is 0 Å². The second-order valence-corrected chi connectivity index (χ2v) is 8.10. The molecule has 0 aromatic heterocycles. The van der Waals surface area contributed by atoms with Crippen LogP contribution in [-0.4, -0.2) is 42.7 Å². The van der Waals surface area contributed by atoms with Crippen LogP contribution >= 0.6 is 0 Å². The fraction of sp³-hybridized carbons (Fsp3) is 0.440. The van der Waals surface area contributed by atoms with Crippen molar-refractivity contribution in [1.29, 1.82) is 0 Å². The van der Waals surface area contributed by atoms with E-state index in [9.17, 15) is 19.7 Å². The summed E-state index contributed by atoms with van der Waals surface area (Å²) in [5, 5.41) is 11.4. The van der Waals surface area contributed by atoms with Gasteiger partial charge < -0.3 is 19.1 Å². The van der Waals surface area contributed by atoms with E-state index in [-0.39, 0.29) is 31.7 Å². The molecule has 0 spiro atoms. The lowest BCUT2D eigenvalue weighted by molar-refractivity contribution is -0.384. The number of benzene rings is 2. The maximum Gasteiger partial charge on any atom is 0.323 e. The first-order chi connectivity index (χ1) is 16.3. The molecular formula is C25H30N2O7. The van der Waals surface area contributed by atoms with Crippen molar-refractivity contribution in [2.45, 2.75) is 46.3 Å². The largest absolute Gasteiger partial charge is 0.486 e. The third-order valence-corrected chi connectivity index (χ3v) is 5.94. The number of ether oxygens (including phenoxy) is 3. The predicted molar refractivity (Wildman–Crippen MR) is 126 cm³/mol. The summed E-state index contributed by atoms with van der Waals surface area (Å²) in [6.45, 7) is 6.19. The first-order valence-electron chi connectivity index (χ1n) is 11.4. The Labute approximate surface area is 198 Å². The van der Waals surface area contributed by atoms with Crippen molar-refractivity contribution in [3.8, 4) is 5.75 Å². The Kier molecular flexibility index (Phi) is 8.09. The van der Waals surface area contributed by atoms with Crippen molar-refractivity contribution in [3.63, 3.8) is 0 Å². The van der Waals surface area contributed by atoms with Crippen LogP contribution in [-0.2, 0) is 25.6 Å². The minimum Gasteiger partial charge on any atom is -0.486 e. The van der Waals surface area contributed by atoms with Gasteiger partial charge in [-0.3, -0.25) is 19.7 Å². The Morgan fingerprint density at radius 3 is 2.29 bits per heavy atom. The van der Waals surface area contributed by atoms with Crippen LogP contribution in [0.1, 0.15) is 39.2 Å². The molecule has 0 N–H and O–H groups in total. The lowest BCUT2D eigenvalue weighted by Gasteiger charge is -2.39. The average Bonchev–Trinajstić information content (AvgIpc) is 2.83. The molecule has 1 aliphatic heterocycles. The van der Waals surface area contributed by atoms with Crippen LogP contribution in [0.5, 0.6) is 5.75 Å². The van der Waals surface area contributed by atoms with E-state index < -0.39 is 28.4 Å². The normalized spacial score (nSPS) is 15.1. The quantitative estimate of drug-likeness (QED) is 0.219. The van der Waals surface area contributed by atoms with E-state index >= 15 is 0 Å². The van der Waals surface area contributed by atoms with Crippen molar-refractivity contribution >= 4 is 23.3 Å². The van der Waals surface area contributed by atoms with Gasteiger partial charge >= 0.3 is 11.9 Å². The van der Waals surface area contributed by atoms with Crippen LogP contribution in [0, 0.1) is 15.5 Å². The molecule has 182 valence electrons. The highest BCUT2D eigenvalue weighted by atomic mass is 16.6. The number of anilines is 1. The Morgan fingerprint density at radius 2 is 1.74 bits per heavy atom. The van der Waals surface area contributed by atoms with Crippen LogP contribution in [0.4, 0.5) is 11.4 Å². The first kappa shape index (κ1) is 25.0. The van der Waals surface area contributed by atoms with E-state index in [1.54, 1.807) is 26.8 Å². The third kappa shape index (κ3) is 5.30. The smallest absolute Gasteiger partial charge is 0.323 e. The number of fused-ring (bicyclic) bond motifs is 1. The van der Waals surface area contributed by atoms with Gasteiger partial charge in [0, 0.05) is 25.1 Å². The van der Waals surface area contributed by atoms with Crippen molar-refractivity contribution in [3.05, 3.63) is 64.2 Å². The first-order valence-corrected chi connectivity index (χ1v) is 11.4. The third-order valence-electron chi connectivity index (χ3n) is 5.94. The van der Waals surface area contributed by atoms with Crippen molar-refractivity contribution < 1.29 is 28.7 Å². The Bertz CT molecular complexity index is 1010. The molecular weight excluding hydrogens is 440 g/mol. The molecule has 34 heavy (non-hydrogen) atoms. The highest BCUT2D eigenvalue weighted by Crippen LogP contribution is 2.41. The number of nitrogens with zero attached hydrogens (tertiary/aromatic N) is 2. The summed E-state index contributed by atoms with van der Waals surface area (Å²) in [6.07, 6.45) is -0.300. The number of hydrogen-bond acceptors (Lipinski definition) is 8. The molecule has 1 heterocycles. The lowest BCUT2D eigenvalue weighted by Crippen LogP contribution is -2.49. The molecule has 0 radical (unpaired) electrons. The molecule has 1 unspecified atom stereocenters. The molecule has 0 saturated heterocycles. The lowest BCUT2D eigenvalue weighted by atomic mass is 9.79. The summed E-state index contributed by atoms with van der Waals surface area (Å²) in [4.78, 5) is 38.8. The van der Waals surface area contributed by atoms with Crippen molar-refractivity contribution in [1.82, 2.24) is 0 Å². The maximum atomic E-state index is 13.0. The maximum absolute atomic E-state index is 13.0. The molecule has 0 saturated carbocycles. The molecule has 0 aliphatic carbocycles. The minimum absolute atomic E-state index is 0.0418. The molecule has 0 amide bonds. The molecule has 1 aliphatic rings. The summed E-state index contributed by atoms with van der Waals surface area (Å²) < 4.78 is 16.7. The zero-order chi connectivity index (χ0) is 24.7. The van der Waals surface area contributed by atoms with Gasteiger partial charge in [0.05, 0.1) is 30.4 Å². The number of nitro groups is 1. The van der Waals surface area contributed by atoms with Gasteiger partial charge in [-0.2, -0.15) is 0 Å². The van der Waals surface area contributed by atoms with Gasteiger partial charge in [0.15, 0.2) is 5.41 Å².